The summed E-state index contributed by atoms with van der Waals surface area (Å²) < 4.78 is 5.82. The van der Waals surface area contributed by atoms with Crippen LogP contribution in [0.3, 0.4) is 0 Å². The highest BCUT2D eigenvalue weighted by Gasteiger charge is 2.32. The van der Waals surface area contributed by atoms with Gasteiger partial charge >= 0.3 is 0 Å². The molecular weight excluding hydrogens is 260 g/mol. The molecule has 21 heavy (non-hydrogen) atoms. The molecule has 3 heteroatoms. The average molecular weight is 288 g/mol. The van der Waals surface area contributed by atoms with Crippen molar-refractivity contribution >= 4 is 5.69 Å². The maximum atomic E-state index is 5.82. The Morgan fingerprint density at radius 1 is 1.14 bits per heavy atom. The Balaban J connectivity index is 1.64. The van der Waals surface area contributed by atoms with Gasteiger partial charge in [-0.05, 0) is 57.1 Å². The quantitative estimate of drug-likeness (QED) is 0.876. The molecule has 2 fully saturated rings. The van der Waals surface area contributed by atoms with E-state index in [1.165, 1.54) is 44.9 Å². The molecule has 0 aromatic carbocycles. The van der Waals surface area contributed by atoms with E-state index in [1.807, 2.05) is 19.9 Å². The zero-order chi connectivity index (χ0) is 14.7. The number of rotatable bonds is 4. The van der Waals surface area contributed by atoms with E-state index in [-0.39, 0.29) is 6.10 Å². The third kappa shape index (κ3) is 3.69. The lowest BCUT2D eigenvalue weighted by molar-refractivity contribution is 0.162. The molecule has 2 aliphatic rings. The molecule has 0 saturated heterocycles. The van der Waals surface area contributed by atoms with Gasteiger partial charge in [0, 0.05) is 12.2 Å². The van der Waals surface area contributed by atoms with Crippen molar-refractivity contribution in [2.75, 3.05) is 5.32 Å². The molecule has 116 valence electrons. The van der Waals surface area contributed by atoms with Crippen molar-refractivity contribution in [2.45, 2.75) is 70.9 Å². The van der Waals surface area contributed by atoms with Gasteiger partial charge in [-0.25, -0.2) is 4.98 Å². The summed E-state index contributed by atoms with van der Waals surface area (Å²) >= 11 is 0. The van der Waals surface area contributed by atoms with Crippen molar-refractivity contribution in [3.8, 4) is 5.88 Å². The number of pyridine rings is 1. The van der Waals surface area contributed by atoms with Gasteiger partial charge in [0.1, 0.15) is 0 Å². The SMILES string of the molecule is CC(C)Oc1ncccc1NC1CCC2CCCCC2C1. The highest BCUT2D eigenvalue weighted by molar-refractivity contribution is 5.52. The number of hydrogen-bond donors (Lipinski definition) is 1. The first-order chi connectivity index (χ1) is 10.2. The van der Waals surface area contributed by atoms with Crippen LogP contribution in [0.15, 0.2) is 18.3 Å². The van der Waals surface area contributed by atoms with Gasteiger partial charge in [0.05, 0.1) is 11.8 Å². The molecule has 2 aliphatic carbocycles. The van der Waals surface area contributed by atoms with Gasteiger partial charge in [-0.15, -0.1) is 0 Å². The predicted molar refractivity (Wildman–Crippen MR) is 86.7 cm³/mol. The number of anilines is 1. The van der Waals surface area contributed by atoms with Crippen LogP contribution in [0.25, 0.3) is 0 Å². The molecule has 0 amide bonds. The van der Waals surface area contributed by atoms with E-state index in [0.717, 1.165) is 23.4 Å². The summed E-state index contributed by atoms with van der Waals surface area (Å²) in [7, 11) is 0. The van der Waals surface area contributed by atoms with Crippen LogP contribution in [0, 0.1) is 11.8 Å². The lowest BCUT2D eigenvalue weighted by Crippen LogP contribution is -2.34. The molecule has 1 aromatic rings. The van der Waals surface area contributed by atoms with Crippen LogP contribution >= 0.6 is 0 Å². The highest BCUT2D eigenvalue weighted by atomic mass is 16.5. The van der Waals surface area contributed by atoms with Crippen LogP contribution in [0.1, 0.15) is 58.8 Å². The zero-order valence-corrected chi connectivity index (χ0v) is 13.3. The summed E-state index contributed by atoms with van der Waals surface area (Å²) in [6.45, 7) is 4.09. The number of fused-ring (bicyclic) bond motifs is 1. The van der Waals surface area contributed by atoms with Gasteiger partial charge < -0.3 is 10.1 Å². The van der Waals surface area contributed by atoms with Gasteiger partial charge in [-0.2, -0.15) is 0 Å². The van der Waals surface area contributed by atoms with Gasteiger partial charge in [0.15, 0.2) is 0 Å². The summed E-state index contributed by atoms with van der Waals surface area (Å²) in [6, 6.07) is 4.67. The lowest BCUT2D eigenvalue weighted by Gasteiger charge is -2.39. The molecule has 0 aliphatic heterocycles. The molecule has 3 unspecified atom stereocenters. The molecule has 1 aromatic heterocycles. The lowest BCUT2D eigenvalue weighted by atomic mass is 9.69. The van der Waals surface area contributed by atoms with Crippen molar-refractivity contribution in [2.24, 2.45) is 11.8 Å². The number of aromatic nitrogens is 1. The maximum absolute atomic E-state index is 5.82. The number of nitrogens with one attached hydrogen (secondary N) is 1. The molecule has 0 radical (unpaired) electrons. The Morgan fingerprint density at radius 3 is 2.76 bits per heavy atom. The average Bonchev–Trinajstić information content (AvgIpc) is 2.49. The third-order valence-corrected chi connectivity index (χ3v) is 5.02. The fraction of sp³-hybridized carbons (Fsp3) is 0.722. The van der Waals surface area contributed by atoms with Crippen LogP contribution in [-0.2, 0) is 0 Å². The number of nitrogens with zero attached hydrogens (tertiary/aromatic N) is 1. The summed E-state index contributed by atoms with van der Waals surface area (Å²) in [6.07, 6.45) is 11.8. The zero-order valence-electron chi connectivity index (χ0n) is 13.3. The largest absolute Gasteiger partial charge is 0.473 e. The molecule has 1 N–H and O–H groups in total. The van der Waals surface area contributed by atoms with Crippen molar-refractivity contribution < 1.29 is 4.74 Å². The van der Waals surface area contributed by atoms with Crippen LogP contribution in [0.2, 0.25) is 0 Å². The predicted octanol–water partition coefficient (Wildman–Crippen LogP) is 4.64. The first-order valence-corrected chi connectivity index (χ1v) is 8.60. The summed E-state index contributed by atoms with van der Waals surface area (Å²) in [4.78, 5) is 4.38. The highest BCUT2D eigenvalue weighted by Crippen LogP contribution is 2.41. The number of hydrogen-bond acceptors (Lipinski definition) is 3. The molecule has 0 spiro atoms. The Bertz CT molecular complexity index is 460. The summed E-state index contributed by atoms with van der Waals surface area (Å²) in [5.41, 5.74) is 1.06. The Kier molecular flexibility index (Phi) is 4.67. The number of ether oxygens (including phenoxy) is 1. The van der Waals surface area contributed by atoms with E-state index < -0.39 is 0 Å². The minimum Gasteiger partial charge on any atom is -0.473 e. The van der Waals surface area contributed by atoms with E-state index in [2.05, 4.69) is 16.4 Å². The van der Waals surface area contributed by atoms with Crippen LogP contribution in [-0.4, -0.2) is 17.1 Å². The maximum Gasteiger partial charge on any atom is 0.237 e. The van der Waals surface area contributed by atoms with Gasteiger partial charge in [-0.3, -0.25) is 0 Å². The first-order valence-electron chi connectivity index (χ1n) is 8.60. The van der Waals surface area contributed by atoms with E-state index in [0.29, 0.717) is 6.04 Å². The van der Waals surface area contributed by atoms with E-state index in [1.54, 1.807) is 6.20 Å². The van der Waals surface area contributed by atoms with Crippen molar-refractivity contribution in [3.05, 3.63) is 18.3 Å². The Hall–Kier alpha value is -1.25. The molecule has 3 rings (SSSR count). The van der Waals surface area contributed by atoms with Crippen molar-refractivity contribution in [1.82, 2.24) is 4.98 Å². The van der Waals surface area contributed by atoms with E-state index in [9.17, 15) is 0 Å². The molecule has 3 atom stereocenters. The molecular formula is C18H28N2O. The molecule has 2 saturated carbocycles. The standard InChI is InChI=1S/C18H28N2O/c1-13(2)21-18-17(8-5-11-19-18)20-16-10-9-14-6-3-4-7-15(14)12-16/h5,8,11,13-16,20H,3-4,6-7,9-10,12H2,1-2H3. The second kappa shape index (κ2) is 6.67. The van der Waals surface area contributed by atoms with Crippen LogP contribution < -0.4 is 10.1 Å². The van der Waals surface area contributed by atoms with Crippen molar-refractivity contribution in [3.63, 3.8) is 0 Å². The Morgan fingerprint density at radius 2 is 1.95 bits per heavy atom. The smallest absolute Gasteiger partial charge is 0.237 e. The normalized spacial score (nSPS) is 29.0. The van der Waals surface area contributed by atoms with Gasteiger partial charge in [0.25, 0.3) is 0 Å². The van der Waals surface area contributed by atoms with Gasteiger partial charge in [-0.1, -0.05) is 25.7 Å². The second-order valence-electron chi connectivity index (χ2n) is 6.98. The fourth-order valence-corrected chi connectivity index (χ4v) is 4.04. The Labute approximate surface area is 128 Å². The van der Waals surface area contributed by atoms with Crippen LogP contribution in [0.5, 0.6) is 5.88 Å². The molecule has 1 heterocycles. The molecule has 0 bridgehead atoms. The van der Waals surface area contributed by atoms with Crippen molar-refractivity contribution in [1.29, 1.82) is 0 Å². The third-order valence-electron chi connectivity index (χ3n) is 5.02. The monoisotopic (exact) mass is 288 g/mol. The van der Waals surface area contributed by atoms with Gasteiger partial charge in [0.2, 0.25) is 5.88 Å². The van der Waals surface area contributed by atoms with Crippen LogP contribution in [0.4, 0.5) is 5.69 Å². The fourth-order valence-electron chi connectivity index (χ4n) is 4.04. The molecule has 3 nitrogen and oxygen atoms in total. The first kappa shape index (κ1) is 14.7. The second-order valence-corrected chi connectivity index (χ2v) is 6.98. The topological polar surface area (TPSA) is 34.1 Å². The van der Waals surface area contributed by atoms with E-state index in [4.69, 9.17) is 4.74 Å². The van der Waals surface area contributed by atoms with E-state index >= 15 is 0 Å². The summed E-state index contributed by atoms with van der Waals surface area (Å²) in [5.74, 6) is 2.69. The minimum atomic E-state index is 0.162. The summed E-state index contributed by atoms with van der Waals surface area (Å²) in [5, 5.41) is 3.70. The minimum absolute atomic E-state index is 0.162.